The quantitative estimate of drug-likeness (QED) is 0.0562. The summed E-state index contributed by atoms with van der Waals surface area (Å²) in [6.45, 7) is 12.7. The number of cyclic esters (lactones) is 1. The van der Waals surface area contributed by atoms with Gasteiger partial charge in [0.1, 0.15) is 30.0 Å². The monoisotopic (exact) mass is 1020 g/mol. The van der Waals surface area contributed by atoms with Gasteiger partial charge in [0.15, 0.2) is 5.67 Å². The summed E-state index contributed by atoms with van der Waals surface area (Å²) in [5.41, 5.74) is 2.87. The molecule has 0 spiro atoms. The Hall–Kier alpha value is -4.87. The maximum Gasteiger partial charge on any atom is 0.407 e. The molecule has 17 heteroatoms. The summed E-state index contributed by atoms with van der Waals surface area (Å²) in [5.74, 6) is -0.682. The van der Waals surface area contributed by atoms with Crippen molar-refractivity contribution in [1.82, 2.24) is 25.8 Å². The normalized spacial score (nSPS) is 27.0. The number of hydrogen-bond acceptors (Lipinski definition) is 12. The molecular formula is C55H78FN5O10S. The van der Waals surface area contributed by atoms with Gasteiger partial charge in [-0.1, -0.05) is 97.1 Å². The minimum absolute atomic E-state index is 0.0322. The molecular weight excluding hydrogens is 942 g/mol. The van der Waals surface area contributed by atoms with Crippen LogP contribution in [0.4, 0.5) is 9.18 Å². The molecule has 3 fully saturated rings. The molecule has 2 aromatic rings. The van der Waals surface area contributed by atoms with Gasteiger partial charge >= 0.3 is 12.1 Å². The molecule has 1 saturated carbocycles. The van der Waals surface area contributed by atoms with Crippen molar-refractivity contribution in [3.05, 3.63) is 58.8 Å². The van der Waals surface area contributed by atoms with E-state index >= 15 is 0 Å². The van der Waals surface area contributed by atoms with Crippen molar-refractivity contribution in [3.63, 3.8) is 0 Å². The van der Waals surface area contributed by atoms with Gasteiger partial charge in [-0.25, -0.2) is 14.2 Å². The van der Waals surface area contributed by atoms with E-state index in [1.54, 1.807) is 26.3 Å². The van der Waals surface area contributed by atoms with Crippen LogP contribution in [0.5, 0.6) is 5.75 Å². The number of alkyl halides is 1. The number of thiazole rings is 1. The summed E-state index contributed by atoms with van der Waals surface area (Å²) < 4.78 is 32.8. The Morgan fingerprint density at radius 3 is 2.42 bits per heavy atom. The first-order valence-corrected chi connectivity index (χ1v) is 27.3. The SMILES string of the molecule is Cc1ncsc1-c1ccc(CNC(=O)[C@@H]2C[C@@H](O)CN2C(=O)[C@@H](NC(=O)C2(F)CC2)C(C)(C)C)c(OCCCCCCCCCNC(=O)O[C@H]2C[C@@H](C)C=C3C=C[C@H](C)[C@H](CC[C@@H]4C[C@@H](O)CC(=O)O4)[C@H]32)c1. The van der Waals surface area contributed by atoms with Crippen LogP contribution >= 0.6 is 11.3 Å². The summed E-state index contributed by atoms with van der Waals surface area (Å²) in [6, 6.07) is 3.79. The van der Waals surface area contributed by atoms with E-state index in [4.69, 9.17) is 14.2 Å². The summed E-state index contributed by atoms with van der Waals surface area (Å²) in [4.78, 5) is 72.3. The zero-order valence-electron chi connectivity index (χ0n) is 43.1. The van der Waals surface area contributed by atoms with Crippen LogP contribution in [0.1, 0.15) is 142 Å². The molecule has 396 valence electrons. The van der Waals surface area contributed by atoms with Crippen LogP contribution in [0.15, 0.2) is 47.5 Å². The second-order valence-electron chi connectivity index (χ2n) is 22.2. The van der Waals surface area contributed by atoms with Gasteiger partial charge in [-0.2, -0.15) is 0 Å². The highest BCUT2D eigenvalue weighted by Gasteiger charge is 2.53. The van der Waals surface area contributed by atoms with Crippen molar-refractivity contribution in [2.45, 2.75) is 187 Å². The third-order valence-electron chi connectivity index (χ3n) is 15.1. The van der Waals surface area contributed by atoms with E-state index < -0.39 is 53.1 Å². The van der Waals surface area contributed by atoms with Crippen molar-refractivity contribution in [3.8, 4) is 16.2 Å². The zero-order chi connectivity index (χ0) is 51.7. The number of nitrogens with zero attached hydrogens (tertiary/aromatic N) is 2. The Labute approximate surface area is 428 Å². The van der Waals surface area contributed by atoms with Crippen molar-refractivity contribution < 1.29 is 52.8 Å². The van der Waals surface area contributed by atoms with E-state index in [-0.39, 0.29) is 86.7 Å². The smallest absolute Gasteiger partial charge is 0.407 e. The number of carbonyl (C=O) groups is 5. The van der Waals surface area contributed by atoms with Crippen molar-refractivity contribution >= 4 is 41.1 Å². The number of β-amino-alcohol motifs (C(OH)–C–C–N with tert-alkyl or cyclic N) is 1. The molecule has 1 aromatic heterocycles. The number of aryl methyl sites for hydroxylation is 1. The molecule has 4 amide bonds. The van der Waals surface area contributed by atoms with E-state index in [9.17, 15) is 38.6 Å². The number of alkyl carbamates (subject to hydrolysis) is 1. The molecule has 10 atom stereocenters. The second-order valence-corrected chi connectivity index (χ2v) is 23.1. The molecule has 3 aliphatic carbocycles. The van der Waals surface area contributed by atoms with Crippen LogP contribution in [-0.2, 0) is 35.2 Å². The summed E-state index contributed by atoms with van der Waals surface area (Å²) in [6.07, 6.45) is 13.9. The fourth-order valence-corrected chi connectivity index (χ4v) is 11.7. The lowest BCUT2D eigenvalue weighted by Crippen LogP contribution is -2.59. The first-order chi connectivity index (χ1) is 34.3. The van der Waals surface area contributed by atoms with Gasteiger partial charge in [-0.05, 0) is 92.2 Å². The number of amides is 4. The van der Waals surface area contributed by atoms with Gasteiger partial charge in [0, 0.05) is 44.0 Å². The first kappa shape index (κ1) is 54.9. The number of esters is 1. The van der Waals surface area contributed by atoms with Crippen molar-refractivity contribution in [2.75, 3.05) is 19.7 Å². The van der Waals surface area contributed by atoms with Crippen LogP contribution < -0.4 is 20.7 Å². The van der Waals surface area contributed by atoms with E-state index in [0.29, 0.717) is 31.7 Å². The fourth-order valence-electron chi connectivity index (χ4n) is 10.9. The third-order valence-corrected chi connectivity index (χ3v) is 16.1. The molecule has 72 heavy (non-hydrogen) atoms. The standard InChI is InChI=1S/C55H78FN5O10S/c1-33-24-36-15-14-34(2)42(19-18-41-27-39(62)29-46(64)70-41)47(36)45(25-33)71-53(68)57-22-12-10-8-7-9-11-13-23-69-44-26-37(48-35(3)59-32-72-48)16-17-38(44)30-58-50(65)43-28-40(63)31-61(43)51(66)49(54(4,5)6)60-52(67)55(56)20-21-55/h14-17,24,26,32-34,39-43,45,47,49,62-63H,7-13,18-23,25,27-31H2,1-6H3,(H,57,68)(H,58,65)(H,60,67)/t33-,34-,39+,40+,41+,42-,43-,45-,47-,49+/m0/s1. The number of rotatable bonds is 22. The zero-order valence-corrected chi connectivity index (χ0v) is 43.9. The molecule has 2 saturated heterocycles. The number of carbonyl (C=O) groups excluding carboxylic acids is 5. The number of halogens is 1. The number of fused-ring (bicyclic) bond motifs is 1. The van der Waals surface area contributed by atoms with Crippen molar-refractivity contribution in [2.24, 2.45) is 29.1 Å². The van der Waals surface area contributed by atoms with E-state index in [1.807, 2.05) is 25.1 Å². The van der Waals surface area contributed by atoms with Gasteiger partial charge in [0.25, 0.3) is 5.91 Å². The van der Waals surface area contributed by atoms with Gasteiger partial charge in [0.05, 0.1) is 41.3 Å². The Bertz CT molecular complexity index is 2290. The molecule has 3 heterocycles. The van der Waals surface area contributed by atoms with Crippen LogP contribution in [0, 0.1) is 36.0 Å². The molecule has 0 bridgehead atoms. The summed E-state index contributed by atoms with van der Waals surface area (Å²) in [7, 11) is 0. The number of ether oxygens (including phenoxy) is 3. The van der Waals surface area contributed by atoms with Gasteiger partial charge in [0.2, 0.25) is 11.8 Å². The highest BCUT2D eigenvalue weighted by Crippen LogP contribution is 2.45. The fraction of sp³-hybridized carbons (Fsp3) is 0.673. The lowest BCUT2D eigenvalue weighted by atomic mass is 9.65. The lowest BCUT2D eigenvalue weighted by Gasteiger charge is -2.43. The highest BCUT2D eigenvalue weighted by molar-refractivity contribution is 7.13. The average molecular weight is 1020 g/mol. The number of nitrogens with one attached hydrogen (secondary N) is 3. The highest BCUT2D eigenvalue weighted by atomic mass is 32.1. The van der Waals surface area contributed by atoms with Gasteiger partial charge in [-0.3, -0.25) is 19.2 Å². The Morgan fingerprint density at radius 2 is 1.72 bits per heavy atom. The number of aliphatic hydroxyl groups excluding tert-OH is 2. The van der Waals surface area contributed by atoms with Crippen LogP contribution in [0.25, 0.3) is 10.4 Å². The minimum Gasteiger partial charge on any atom is -0.493 e. The second kappa shape index (κ2) is 24.4. The van der Waals surface area contributed by atoms with Crippen LogP contribution in [0.2, 0.25) is 0 Å². The summed E-state index contributed by atoms with van der Waals surface area (Å²) in [5, 5.41) is 29.3. The maximum atomic E-state index is 14.7. The number of hydrogen-bond donors (Lipinski definition) is 5. The largest absolute Gasteiger partial charge is 0.493 e. The Balaban J connectivity index is 0.830. The molecule has 0 unspecified atom stereocenters. The molecule has 1 aromatic carbocycles. The number of aliphatic hydroxyl groups is 2. The molecule has 5 aliphatic rings. The molecule has 2 aliphatic heterocycles. The maximum absolute atomic E-state index is 14.7. The lowest BCUT2D eigenvalue weighted by molar-refractivity contribution is -0.160. The van der Waals surface area contributed by atoms with Gasteiger partial charge in [-0.15, -0.1) is 11.3 Å². The van der Waals surface area contributed by atoms with E-state index in [1.165, 1.54) is 21.8 Å². The Morgan fingerprint density at radius 1 is 0.986 bits per heavy atom. The first-order valence-electron chi connectivity index (χ1n) is 26.4. The molecule has 7 rings (SSSR count). The number of allylic oxidation sites excluding steroid dienone is 3. The van der Waals surface area contributed by atoms with Crippen molar-refractivity contribution in [1.29, 1.82) is 0 Å². The van der Waals surface area contributed by atoms with E-state index in [2.05, 4.69) is 53.0 Å². The molecule has 15 nitrogen and oxygen atoms in total. The van der Waals surface area contributed by atoms with Gasteiger partial charge < -0.3 is 45.3 Å². The van der Waals surface area contributed by atoms with Crippen LogP contribution in [0.3, 0.4) is 0 Å². The number of benzene rings is 1. The summed E-state index contributed by atoms with van der Waals surface area (Å²) >= 11 is 1.54. The number of likely N-dealkylation sites (tertiary alicyclic amines) is 1. The minimum atomic E-state index is -1.97. The molecule has 5 N–H and O–H groups in total. The number of unbranched alkanes of at least 4 members (excludes halogenated alkanes) is 6. The predicted molar refractivity (Wildman–Crippen MR) is 272 cm³/mol. The van der Waals surface area contributed by atoms with E-state index in [0.717, 1.165) is 79.5 Å². The third kappa shape index (κ3) is 14.5. The van der Waals surface area contributed by atoms with Crippen LogP contribution in [-0.4, -0.2) is 112 Å². The Kier molecular flexibility index (Phi) is 18.6. The number of aromatic nitrogens is 1. The molecule has 0 radical (unpaired) electrons. The predicted octanol–water partition coefficient (Wildman–Crippen LogP) is 8.19. The average Bonchev–Trinajstić information content (AvgIpc) is 3.73. The topological polar surface area (TPSA) is 206 Å².